The van der Waals surface area contributed by atoms with Crippen molar-refractivity contribution in [1.82, 2.24) is 0 Å². The number of hydrogen-bond donors (Lipinski definition) is 0. The normalized spacial score (nSPS) is 24.3. The largest absolute Gasteiger partial charge is 0.454 e. The summed E-state index contributed by atoms with van der Waals surface area (Å²) < 4.78 is 13.0. The average molecular weight is 469 g/mol. The van der Waals surface area contributed by atoms with E-state index in [9.17, 15) is 0 Å². The minimum atomic E-state index is 0.0579. The van der Waals surface area contributed by atoms with Crippen LogP contribution < -0.4 is 30.8 Å². The van der Waals surface area contributed by atoms with Gasteiger partial charge in [0.15, 0.2) is 11.5 Å². The van der Waals surface area contributed by atoms with Crippen LogP contribution in [0.3, 0.4) is 0 Å². The Morgan fingerprint density at radius 2 is 1.58 bits per heavy atom. The fraction of sp³-hybridized carbons (Fsp3) is 0.250. The topological polar surface area (TPSA) is 21.7 Å². The molecule has 0 bridgehead atoms. The summed E-state index contributed by atoms with van der Waals surface area (Å²) in [5.74, 6) is 3.35. The molecule has 0 aromatic heterocycles. The van der Waals surface area contributed by atoms with Gasteiger partial charge in [0.25, 0.3) is 6.71 Å². The van der Waals surface area contributed by atoms with Gasteiger partial charge in [-0.25, -0.2) is 0 Å². The van der Waals surface area contributed by atoms with Gasteiger partial charge >= 0.3 is 0 Å². The first-order valence-corrected chi connectivity index (χ1v) is 13.2. The van der Waals surface area contributed by atoms with Crippen molar-refractivity contribution in [3.05, 3.63) is 90.5 Å². The van der Waals surface area contributed by atoms with Gasteiger partial charge in [0.1, 0.15) is 11.5 Å². The summed E-state index contributed by atoms with van der Waals surface area (Å²) in [5, 5.41) is 0. The molecule has 1 fully saturated rings. The Bertz CT molecular complexity index is 1550. The van der Waals surface area contributed by atoms with Gasteiger partial charge in [0.2, 0.25) is 0 Å². The highest BCUT2D eigenvalue weighted by Crippen LogP contribution is 2.61. The van der Waals surface area contributed by atoms with Crippen LogP contribution in [0.15, 0.2) is 84.9 Å². The van der Waals surface area contributed by atoms with E-state index >= 15 is 0 Å². The van der Waals surface area contributed by atoms with Crippen LogP contribution in [-0.2, 0) is 5.41 Å². The smallest absolute Gasteiger partial charge is 0.256 e. The zero-order valence-electron chi connectivity index (χ0n) is 20.8. The summed E-state index contributed by atoms with van der Waals surface area (Å²) in [7, 11) is 0. The van der Waals surface area contributed by atoms with Crippen molar-refractivity contribution in [2.45, 2.75) is 50.5 Å². The summed E-state index contributed by atoms with van der Waals surface area (Å²) in [6.07, 6.45) is 5.02. The van der Waals surface area contributed by atoms with Crippen LogP contribution in [0.2, 0.25) is 0 Å². The Labute approximate surface area is 212 Å². The van der Waals surface area contributed by atoms with E-state index in [0.29, 0.717) is 0 Å². The van der Waals surface area contributed by atoms with Crippen molar-refractivity contribution >= 4 is 34.5 Å². The monoisotopic (exact) mass is 469 g/mol. The number of fused-ring (bicyclic) bond motifs is 7. The van der Waals surface area contributed by atoms with Gasteiger partial charge < -0.3 is 14.4 Å². The zero-order chi connectivity index (χ0) is 24.1. The standard InChI is InChI=1S/C32H28BNO2/c1-31-19-6-7-20-32(31,2)34-25-16-10-17-26-28(25)33(23-14-8-13-22(31)29(23)34)24-15-9-18-27(30(24)36-26)35-21-11-4-3-5-12-21/h3-5,8-18H,6-7,19-20H2,1-2H3/t31-,32?/m0/s1. The van der Waals surface area contributed by atoms with Crippen molar-refractivity contribution in [3.63, 3.8) is 0 Å². The highest BCUT2D eigenvalue weighted by molar-refractivity contribution is 6.99. The lowest BCUT2D eigenvalue weighted by molar-refractivity contribution is 0.195. The molecule has 176 valence electrons. The van der Waals surface area contributed by atoms with E-state index in [4.69, 9.17) is 9.47 Å². The highest BCUT2D eigenvalue weighted by atomic mass is 16.5. The zero-order valence-corrected chi connectivity index (χ0v) is 20.8. The van der Waals surface area contributed by atoms with E-state index in [1.807, 2.05) is 36.4 Å². The molecule has 4 heteroatoms. The van der Waals surface area contributed by atoms with Crippen molar-refractivity contribution in [2.75, 3.05) is 4.90 Å². The predicted octanol–water partition coefficient (Wildman–Crippen LogP) is 6.16. The van der Waals surface area contributed by atoms with E-state index < -0.39 is 0 Å². The van der Waals surface area contributed by atoms with Crippen LogP contribution >= 0.6 is 0 Å². The van der Waals surface area contributed by atoms with Crippen molar-refractivity contribution in [1.29, 1.82) is 0 Å². The van der Waals surface area contributed by atoms with E-state index in [-0.39, 0.29) is 17.7 Å². The van der Waals surface area contributed by atoms with Crippen molar-refractivity contribution < 1.29 is 9.47 Å². The van der Waals surface area contributed by atoms with Gasteiger partial charge in [-0.3, -0.25) is 0 Å². The molecule has 3 heterocycles. The van der Waals surface area contributed by atoms with Gasteiger partial charge in [-0.15, -0.1) is 0 Å². The lowest BCUT2D eigenvalue weighted by atomic mass is 9.34. The summed E-state index contributed by atoms with van der Waals surface area (Å²) >= 11 is 0. The fourth-order valence-electron chi connectivity index (χ4n) is 7.66. The third-order valence-electron chi connectivity index (χ3n) is 9.54. The minimum Gasteiger partial charge on any atom is -0.454 e. The SMILES string of the molecule is CC12CCCC[C@@]1(C)c1cccc3c1N2c1cccc2c1B3c1cccc(Oc3ccccc3)c1O2. The Morgan fingerprint density at radius 3 is 2.47 bits per heavy atom. The van der Waals surface area contributed by atoms with Gasteiger partial charge in [0, 0.05) is 16.8 Å². The maximum Gasteiger partial charge on any atom is 0.256 e. The molecule has 2 atom stereocenters. The van der Waals surface area contributed by atoms with Crippen molar-refractivity contribution in [3.8, 4) is 23.0 Å². The molecule has 8 rings (SSSR count). The summed E-state index contributed by atoms with van der Waals surface area (Å²) in [6.45, 7) is 5.13. The molecule has 1 saturated carbocycles. The number of ether oxygens (including phenoxy) is 2. The van der Waals surface area contributed by atoms with Crippen LogP contribution in [-0.4, -0.2) is 12.3 Å². The molecular weight excluding hydrogens is 441 g/mol. The number of nitrogens with zero attached hydrogens (tertiary/aromatic N) is 1. The van der Waals surface area contributed by atoms with E-state index in [1.54, 1.807) is 0 Å². The van der Waals surface area contributed by atoms with Gasteiger partial charge in [-0.1, -0.05) is 74.4 Å². The molecule has 0 saturated heterocycles. The molecule has 0 radical (unpaired) electrons. The number of rotatable bonds is 2. The highest BCUT2D eigenvalue weighted by Gasteiger charge is 2.61. The first kappa shape index (κ1) is 20.5. The molecule has 4 aliphatic rings. The van der Waals surface area contributed by atoms with Crippen molar-refractivity contribution in [2.24, 2.45) is 0 Å². The molecule has 1 aliphatic carbocycles. The Hall–Kier alpha value is -3.66. The predicted molar refractivity (Wildman–Crippen MR) is 147 cm³/mol. The molecule has 36 heavy (non-hydrogen) atoms. The number of para-hydroxylation sites is 3. The molecule has 3 nitrogen and oxygen atoms in total. The maximum absolute atomic E-state index is 6.69. The minimum absolute atomic E-state index is 0.0579. The molecule has 3 aliphatic heterocycles. The van der Waals surface area contributed by atoms with Crippen LogP contribution in [0.25, 0.3) is 0 Å². The van der Waals surface area contributed by atoms with E-state index in [1.165, 1.54) is 59.0 Å². The third kappa shape index (κ3) is 2.40. The average Bonchev–Trinajstić information content (AvgIpc) is 3.12. The second kappa shape index (κ2) is 6.97. The molecule has 1 unspecified atom stereocenters. The van der Waals surface area contributed by atoms with Crippen LogP contribution in [0.1, 0.15) is 45.1 Å². The molecule has 4 aromatic rings. The maximum atomic E-state index is 6.69. The fourth-order valence-corrected chi connectivity index (χ4v) is 7.66. The van der Waals surface area contributed by atoms with Gasteiger partial charge in [-0.2, -0.15) is 0 Å². The molecule has 0 N–H and O–H groups in total. The molecule has 0 spiro atoms. The number of anilines is 2. The first-order chi connectivity index (χ1) is 17.6. The first-order valence-electron chi connectivity index (χ1n) is 13.2. The Balaban J connectivity index is 1.39. The summed E-state index contributed by atoms with van der Waals surface area (Å²) in [6, 6.07) is 29.9. The number of benzene rings is 4. The second-order valence-electron chi connectivity index (χ2n) is 11.2. The van der Waals surface area contributed by atoms with Gasteiger partial charge in [-0.05, 0) is 72.0 Å². The lowest BCUT2D eigenvalue weighted by Crippen LogP contribution is -2.63. The molecular formula is C32H28BNO2. The summed E-state index contributed by atoms with van der Waals surface area (Å²) in [4.78, 5) is 2.70. The molecule has 4 aromatic carbocycles. The van der Waals surface area contributed by atoms with Crippen LogP contribution in [0, 0.1) is 0 Å². The quantitative estimate of drug-likeness (QED) is 0.289. The lowest BCUT2D eigenvalue weighted by Gasteiger charge is -2.52. The van der Waals surface area contributed by atoms with E-state index in [0.717, 1.165) is 23.0 Å². The third-order valence-corrected chi connectivity index (χ3v) is 9.54. The summed E-state index contributed by atoms with van der Waals surface area (Å²) in [5.41, 5.74) is 8.32. The number of hydrogen-bond acceptors (Lipinski definition) is 3. The van der Waals surface area contributed by atoms with Crippen LogP contribution in [0.5, 0.6) is 23.0 Å². The van der Waals surface area contributed by atoms with E-state index in [2.05, 4.69) is 67.3 Å². The Morgan fingerprint density at radius 1 is 0.806 bits per heavy atom. The Kier molecular flexibility index (Phi) is 3.98. The van der Waals surface area contributed by atoms with Crippen LogP contribution in [0.4, 0.5) is 11.4 Å². The van der Waals surface area contributed by atoms with Gasteiger partial charge in [0.05, 0.1) is 5.54 Å². The second-order valence-corrected chi connectivity index (χ2v) is 11.2. The molecule has 0 amide bonds.